The first-order valence-electron chi connectivity index (χ1n) is 5.64. The number of hydrogen-bond donors (Lipinski definition) is 1. The zero-order valence-corrected chi connectivity index (χ0v) is 15.0. The van der Waals surface area contributed by atoms with Crippen molar-refractivity contribution < 1.29 is 0 Å². The second-order valence-electron chi connectivity index (χ2n) is 3.98. The van der Waals surface area contributed by atoms with Crippen molar-refractivity contribution in [2.24, 2.45) is 0 Å². The highest BCUT2D eigenvalue weighted by atomic mass is 127. The molecular formula is C12H17Cl2IN2S. The Balaban J connectivity index is 0.00000162. The highest BCUT2D eigenvalue weighted by molar-refractivity contribution is 14.0. The molecule has 18 heavy (non-hydrogen) atoms. The lowest BCUT2D eigenvalue weighted by Gasteiger charge is -2.27. The summed E-state index contributed by atoms with van der Waals surface area (Å²) in [7, 11) is 0. The first-order chi connectivity index (χ1) is 8.19. The maximum atomic E-state index is 6.28. The Bertz CT molecular complexity index is 385. The van der Waals surface area contributed by atoms with Crippen molar-refractivity contribution >= 4 is 58.9 Å². The molecule has 0 aromatic heterocycles. The number of benzene rings is 1. The first kappa shape index (κ1) is 16.9. The van der Waals surface area contributed by atoms with Crippen LogP contribution in [0.4, 0.5) is 0 Å². The summed E-state index contributed by atoms with van der Waals surface area (Å²) in [6.07, 6.45) is 2.11. The average molecular weight is 419 g/mol. The van der Waals surface area contributed by atoms with Crippen LogP contribution < -0.4 is 5.32 Å². The molecule has 1 aromatic carbocycles. The van der Waals surface area contributed by atoms with Crippen LogP contribution in [0.3, 0.4) is 0 Å². The lowest BCUT2D eigenvalue weighted by molar-refractivity contribution is 0.256. The third-order valence-corrected chi connectivity index (χ3v) is 4.65. The third kappa shape index (κ3) is 3.27. The van der Waals surface area contributed by atoms with E-state index >= 15 is 0 Å². The molecule has 2 unspecified atom stereocenters. The average Bonchev–Trinajstić information content (AvgIpc) is 2.71. The molecule has 2 nitrogen and oxygen atoms in total. The molecule has 1 heterocycles. The largest absolute Gasteiger partial charge is 0.291 e. The van der Waals surface area contributed by atoms with E-state index in [2.05, 4.69) is 23.4 Å². The van der Waals surface area contributed by atoms with Gasteiger partial charge in [-0.25, -0.2) is 0 Å². The molecule has 0 aliphatic carbocycles. The van der Waals surface area contributed by atoms with E-state index < -0.39 is 0 Å². The maximum absolute atomic E-state index is 6.28. The van der Waals surface area contributed by atoms with Crippen molar-refractivity contribution in [3.63, 3.8) is 0 Å². The van der Waals surface area contributed by atoms with Gasteiger partial charge in [0.25, 0.3) is 0 Å². The lowest BCUT2D eigenvalue weighted by Crippen LogP contribution is -2.33. The Morgan fingerprint density at radius 3 is 2.50 bits per heavy atom. The standard InChI is InChI=1S/C12H16Cl2N2S.HI/c1-3-16-10(7-15-12(16)17-2)11-8(13)5-4-6-9(11)14;/h4-6,10,12,15H,3,7H2,1-2H3;1H. The predicted molar refractivity (Wildman–Crippen MR) is 92.3 cm³/mol. The van der Waals surface area contributed by atoms with Gasteiger partial charge in [0.2, 0.25) is 0 Å². The fourth-order valence-corrected chi connectivity index (χ4v) is 3.79. The fourth-order valence-electron chi connectivity index (χ4n) is 2.31. The Hall–Kier alpha value is 0.800. The topological polar surface area (TPSA) is 15.3 Å². The van der Waals surface area contributed by atoms with Crippen LogP contribution in [0.2, 0.25) is 10.0 Å². The van der Waals surface area contributed by atoms with Gasteiger partial charge in [-0.1, -0.05) is 36.2 Å². The lowest BCUT2D eigenvalue weighted by atomic mass is 10.1. The SMILES string of the molecule is CCN1C(SC)NCC1c1c(Cl)cccc1Cl.I. The van der Waals surface area contributed by atoms with Crippen molar-refractivity contribution in [3.8, 4) is 0 Å². The van der Waals surface area contributed by atoms with Gasteiger partial charge in [-0.15, -0.1) is 35.7 Å². The highest BCUT2D eigenvalue weighted by Gasteiger charge is 2.34. The van der Waals surface area contributed by atoms with E-state index in [0.29, 0.717) is 5.50 Å². The van der Waals surface area contributed by atoms with Gasteiger partial charge < -0.3 is 0 Å². The minimum Gasteiger partial charge on any atom is -0.291 e. The fraction of sp³-hybridized carbons (Fsp3) is 0.500. The van der Waals surface area contributed by atoms with Gasteiger partial charge in [0.05, 0.1) is 6.04 Å². The third-order valence-electron chi connectivity index (χ3n) is 3.11. The van der Waals surface area contributed by atoms with E-state index in [9.17, 15) is 0 Å². The zero-order valence-electron chi connectivity index (χ0n) is 10.3. The van der Waals surface area contributed by atoms with Crippen LogP contribution in [-0.4, -0.2) is 29.7 Å². The Kier molecular flexibility index (Phi) is 7.07. The summed E-state index contributed by atoms with van der Waals surface area (Å²) >= 11 is 14.4. The number of nitrogens with one attached hydrogen (secondary N) is 1. The van der Waals surface area contributed by atoms with Crippen LogP contribution in [0.1, 0.15) is 18.5 Å². The van der Waals surface area contributed by atoms with Gasteiger partial charge in [-0.2, -0.15) is 0 Å². The zero-order chi connectivity index (χ0) is 12.4. The van der Waals surface area contributed by atoms with E-state index in [4.69, 9.17) is 23.2 Å². The molecule has 2 atom stereocenters. The van der Waals surface area contributed by atoms with Gasteiger partial charge in [0, 0.05) is 22.2 Å². The molecule has 102 valence electrons. The molecule has 1 fully saturated rings. The van der Waals surface area contributed by atoms with Crippen LogP contribution in [0.25, 0.3) is 0 Å². The Labute approximate surface area is 140 Å². The number of likely N-dealkylation sites (N-methyl/N-ethyl adjacent to an activating group) is 1. The molecule has 1 aromatic rings. The molecule has 1 N–H and O–H groups in total. The Morgan fingerprint density at radius 1 is 1.39 bits per heavy atom. The quantitative estimate of drug-likeness (QED) is 0.739. The number of thioether (sulfide) groups is 1. The van der Waals surface area contributed by atoms with E-state index in [-0.39, 0.29) is 30.0 Å². The molecule has 0 radical (unpaired) electrons. The van der Waals surface area contributed by atoms with Crippen LogP contribution in [-0.2, 0) is 0 Å². The molecule has 1 aliphatic heterocycles. The van der Waals surface area contributed by atoms with Crippen molar-refractivity contribution in [2.75, 3.05) is 19.3 Å². The van der Waals surface area contributed by atoms with Gasteiger partial charge in [-0.3, -0.25) is 10.2 Å². The van der Waals surface area contributed by atoms with Crippen molar-refractivity contribution in [1.82, 2.24) is 10.2 Å². The molecule has 1 saturated heterocycles. The summed E-state index contributed by atoms with van der Waals surface area (Å²) in [4.78, 5) is 2.39. The second kappa shape index (κ2) is 7.55. The number of halogens is 3. The van der Waals surface area contributed by atoms with E-state index in [0.717, 1.165) is 28.7 Å². The molecule has 2 rings (SSSR count). The normalized spacial score (nSPS) is 24.0. The highest BCUT2D eigenvalue weighted by Crippen LogP contribution is 2.37. The van der Waals surface area contributed by atoms with E-state index in [1.54, 1.807) is 11.8 Å². The van der Waals surface area contributed by atoms with E-state index in [1.165, 1.54) is 0 Å². The first-order valence-corrected chi connectivity index (χ1v) is 7.69. The second-order valence-corrected chi connectivity index (χ2v) is 5.71. The van der Waals surface area contributed by atoms with Gasteiger partial charge in [0.1, 0.15) is 5.50 Å². The summed E-state index contributed by atoms with van der Waals surface area (Å²) in [6, 6.07) is 5.96. The van der Waals surface area contributed by atoms with Gasteiger partial charge in [0.15, 0.2) is 0 Å². The smallest absolute Gasteiger partial charge is 0.108 e. The molecule has 0 bridgehead atoms. The molecule has 0 spiro atoms. The molecule has 1 aliphatic rings. The predicted octanol–water partition coefficient (Wildman–Crippen LogP) is 4.22. The van der Waals surface area contributed by atoms with Crippen molar-refractivity contribution in [1.29, 1.82) is 0 Å². The van der Waals surface area contributed by atoms with Crippen LogP contribution in [0.5, 0.6) is 0 Å². The molecule has 0 saturated carbocycles. The van der Waals surface area contributed by atoms with Crippen LogP contribution in [0.15, 0.2) is 18.2 Å². The van der Waals surface area contributed by atoms with Crippen LogP contribution >= 0.6 is 58.9 Å². The van der Waals surface area contributed by atoms with Crippen molar-refractivity contribution in [3.05, 3.63) is 33.8 Å². The number of hydrogen-bond acceptors (Lipinski definition) is 3. The molecular weight excluding hydrogens is 402 g/mol. The summed E-state index contributed by atoms with van der Waals surface area (Å²) in [5.41, 5.74) is 1.39. The van der Waals surface area contributed by atoms with Gasteiger partial charge in [-0.05, 0) is 24.9 Å². The van der Waals surface area contributed by atoms with Crippen molar-refractivity contribution in [2.45, 2.75) is 18.5 Å². The minimum atomic E-state index is 0. The molecule has 6 heteroatoms. The van der Waals surface area contributed by atoms with E-state index in [1.807, 2.05) is 18.2 Å². The maximum Gasteiger partial charge on any atom is 0.108 e. The summed E-state index contributed by atoms with van der Waals surface area (Å²) in [5, 5.41) is 4.99. The summed E-state index contributed by atoms with van der Waals surface area (Å²) in [6.45, 7) is 4.03. The Morgan fingerprint density at radius 2 is 2.00 bits per heavy atom. The summed E-state index contributed by atoms with van der Waals surface area (Å²) < 4.78 is 0. The monoisotopic (exact) mass is 418 g/mol. The van der Waals surface area contributed by atoms with Gasteiger partial charge >= 0.3 is 0 Å². The molecule has 0 amide bonds. The summed E-state index contributed by atoms with van der Waals surface area (Å²) in [5.74, 6) is 0. The van der Waals surface area contributed by atoms with Crippen LogP contribution in [0, 0.1) is 0 Å². The minimum absolute atomic E-state index is 0. The number of rotatable bonds is 3. The number of nitrogens with zero attached hydrogens (tertiary/aromatic N) is 1.